The van der Waals surface area contributed by atoms with Gasteiger partial charge in [-0.25, -0.2) is 0 Å². The summed E-state index contributed by atoms with van der Waals surface area (Å²) in [7, 11) is 0. The molecule has 0 aromatic heterocycles. The van der Waals surface area contributed by atoms with Crippen molar-refractivity contribution in [2.75, 3.05) is 24.2 Å². The molecule has 1 atom stereocenters. The van der Waals surface area contributed by atoms with E-state index in [1.54, 1.807) is 12.1 Å². The van der Waals surface area contributed by atoms with E-state index in [2.05, 4.69) is 5.32 Å². The lowest BCUT2D eigenvalue weighted by molar-refractivity contribution is -0.384. The van der Waals surface area contributed by atoms with Gasteiger partial charge in [-0.15, -0.1) is 0 Å². The van der Waals surface area contributed by atoms with E-state index < -0.39 is 11.0 Å². The van der Waals surface area contributed by atoms with Crippen LogP contribution >= 0.6 is 11.8 Å². The Morgan fingerprint density at radius 3 is 2.85 bits per heavy atom. The second-order valence-corrected chi connectivity index (χ2v) is 5.41. The summed E-state index contributed by atoms with van der Waals surface area (Å²) in [6.07, 6.45) is 0.207. The van der Waals surface area contributed by atoms with Crippen molar-refractivity contribution in [1.82, 2.24) is 0 Å². The van der Waals surface area contributed by atoms with Gasteiger partial charge >= 0.3 is 0 Å². The third-order valence-electron chi connectivity index (χ3n) is 2.64. The highest BCUT2D eigenvalue weighted by Crippen LogP contribution is 2.26. The minimum atomic E-state index is -0.759. The molecule has 112 valence electrons. The molecule has 1 rings (SSSR count). The van der Waals surface area contributed by atoms with Crippen LogP contribution in [0.5, 0.6) is 0 Å². The second-order valence-electron chi connectivity index (χ2n) is 4.38. The van der Waals surface area contributed by atoms with E-state index in [4.69, 9.17) is 5.11 Å². The molecule has 6 nitrogen and oxygen atoms in total. The maximum Gasteiger partial charge on any atom is 0.269 e. The lowest BCUT2D eigenvalue weighted by Crippen LogP contribution is -2.14. The van der Waals surface area contributed by atoms with Crippen molar-refractivity contribution in [2.24, 2.45) is 0 Å². The molecule has 20 heavy (non-hydrogen) atoms. The molecule has 0 aliphatic rings. The summed E-state index contributed by atoms with van der Waals surface area (Å²) in [5.74, 6) is 0.942. The van der Waals surface area contributed by atoms with Crippen molar-refractivity contribution in [3.05, 3.63) is 33.9 Å². The molecule has 1 aromatic carbocycles. The van der Waals surface area contributed by atoms with Crippen molar-refractivity contribution in [2.45, 2.75) is 25.2 Å². The highest BCUT2D eigenvalue weighted by molar-refractivity contribution is 7.98. The van der Waals surface area contributed by atoms with Gasteiger partial charge in [-0.2, -0.15) is 11.8 Å². The molecular weight excluding hydrogens is 280 g/mol. The van der Waals surface area contributed by atoms with Gasteiger partial charge in [-0.1, -0.05) is 6.92 Å². The Kier molecular flexibility index (Phi) is 7.35. The monoisotopic (exact) mass is 300 g/mol. The first-order chi connectivity index (χ1) is 9.58. The first-order valence-electron chi connectivity index (χ1n) is 6.46. The Balaban J connectivity index is 2.76. The molecule has 0 amide bonds. The van der Waals surface area contributed by atoms with E-state index in [-0.39, 0.29) is 12.3 Å². The number of rotatable bonds is 9. The summed E-state index contributed by atoms with van der Waals surface area (Å²) in [4.78, 5) is 10.4. The quantitative estimate of drug-likeness (QED) is 0.477. The minimum Gasteiger partial charge on any atom is -0.394 e. The lowest BCUT2D eigenvalue weighted by Gasteiger charge is -2.12. The first-order valence-corrected chi connectivity index (χ1v) is 7.61. The van der Waals surface area contributed by atoms with E-state index in [0.29, 0.717) is 11.5 Å². The number of aliphatic hydroxyl groups is 2. The molecule has 0 heterocycles. The standard InChI is InChI=1S/C13H20N2O4S/c1-2-5-14-13-4-3-11(15(18)19)6-10(13)8-20-9-12(17)7-16/h3-4,6,12,14,16-17H,2,5,7-9H2,1H3. The Morgan fingerprint density at radius 2 is 2.25 bits per heavy atom. The Morgan fingerprint density at radius 1 is 1.50 bits per heavy atom. The number of non-ortho nitro benzene ring substituents is 1. The van der Waals surface area contributed by atoms with Crippen LogP contribution in [0.4, 0.5) is 11.4 Å². The van der Waals surface area contributed by atoms with Crippen LogP contribution in [0, 0.1) is 10.1 Å². The molecule has 0 saturated carbocycles. The summed E-state index contributed by atoms with van der Waals surface area (Å²) in [6.45, 7) is 2.57. The van der Waals surface area contributed by atoms with Gasteiger partial charge < -0.3 is 15.5 Å². The normalized spacial score (nSPS) is 12.2. The molecule has 1 unspecified atom stereocenters. The summed E-state index contributed by atoms with van der Waals surface area (Å²) >= 11 is 1.43. The van der Waals surface area contributed by atoms with Crippen LogP contribution in [0.25, 0.3) is 0 Å². The predicted molar refractivity (Wildman–Crippen MR) is 81.1 cm³/mol. The molecule has 1 aromatic rings. The molecule has 0 aliphatic heterocycles. The SMILES string of the molecule is CCCNc1ccc([N+](=O)[O-])cc1CSCC(O)CO. The molecule has 0 fully saturated rings. The maximum absolute atomic E-state index is 10.8. The average Bonchev–Trinajstić information content (AvgIpc) is 2.45. The fourth-order valence-electron chi connectivity index (χ4n) is 1.60. The van der Waals surface area contributed by atoms with Gasteiger partial charge in [-0.05, 0) is 18.1 Å². The molecular formula is C13H20N2O4S. The molecule has 0 saturated heterocycles. The Labute approximate surface area is 122 Å². The van der Waals surface area contributed by atoms with Gasteiger partial charge in [0.1, 0.15) is 0 Å². The first kappa shape index (κ1) is 16.7. The van der Waals surface area contributed by atoms with Crippen molar-refractivity contribution >= 4 is 23.1 Å². The van der Waals surface area contributed by atoms with Crippen LogP contribution in [0.1, 0.15) is 18.9 Å². The van der Waals surface area contributed by atoms with Crippen LogP contribution < -0.4 is 5.32 Å². The minimum absolute atomic E-state index is 0.0605. The summed E-state index contributed by atoms with van der Waals surface area (Å²) in [6, 6.07) is 4.75. The fraction of sp³-hybridized carbons (Fsp3) is 0.538. The van der Waals surface area contributed by atoms with Crippen molar-refractivity contribution in [1.29, 1.82) is 0 Å². The maximum atomic E-state index is 10.8. The van der Waals surface area contributed by atoms with Crippen molar-refractivity contribution in [3.63, 3.8) is 0 Å². The Bertz CT molecular complexity index is 442. The van der Waals surface area contributed by atoms with Crippen LogP contribution in [0.2, 0.25) is 0 Å². The van der Waals surface area contributed by atoms with E-state index in [1.165, 1.54) is 17.8 Å². The third kappa shape index (κ3) is 5.36. The average molecular weight is 300 g/mol. The van der Waals surface area contributed by atoms with Gasteiger partial charge in [0.05, 0.1) is 17.6 Å². The van der Waals surface area contributed by atoms with Gasteiger partial charge in [0.15, 0.2) is 0 Å². The van der Waals surface area contributed by atoms with Crippen LogP contribution in [0.3, 0.4) is 0 Å². The number of anilines is 1. The zero-order valence-electron chi connectivity index (χ0n) is 11.4. The summed E-state index contributed by atoms with van der Waals surface area (Å²) in [5, 5.41) is 32.1. The van der Waals surface area contributed by atoms with Gasteiger partial charge in [0.25, 0.3) is 5.69 Å². The number of nitrogens with zero attached hydrogens (tertiary/aromatic N) is 1. The van der Waals surface area contributed by atoms with E-state index in [9.17, 15) is 15.2 Å². The molecule has 0 aliphatic carbocycles. The third-order valence-corrected chi connectivity index (χ3v) is 3.78. The molecule has 3 N–H and O–H groups in total. The van der Waals surface area contributed by atoms with Gasteiger partial charge in [0.2, 0.25) is 0 Å². The molecule has 0 bridgehead atoms. The number of thioether (sulfide) groups is 1. The zero-order chi connectivity index (χ0) is 15.0. The number of nitro benzene ring substituents is 1. The second kappa shape index (κ2) is 8.78. The highest BCUT2D eigenvalue weighted by atomic mass is 32.2. The number of aliphatic hydroxyl groups excluding tert-OH is 2. The number of benzene rings is 1. The summed E-state index contributed by atoms with van der Waals surface area (Å²) in [5.41, 5.74) is 1.77. The number of nitrogens with one attached hydrogen (secondary N) is 1. The highest BCUT2D eigenvalue weighted by Gasteiger charge is 2.11. The largest absolute Gasteiger partial charge is 0.394 e. The van der Waals surface area contributed by atoms with E-state index in [0.717, 1.165) is 24.2 Å². The summed E-state index contributed by atoms with van der Waals surface area (Å²) < 4.78 is 0. The van der Waals surface area contributed by atoms with Gasteiger partial charge in [-0.3, -0.25) is 10.1 Å². The number of hydrogen-bond acceptors (Lipinski definition) is 6. The van der Waals surface area contributed by atoms with E-state index in [1.807, 2.05) is 6.92 Å². The van der Waals surface area contributed by atoms with E-state index >= 15 is 0 Å². The van der Waals surface area contributed by atoms with Crippen molar-refractivity contribution in [3.8, 4) is 0 Å². The van der Waals surface area contributed by atoms with Crippen LogP contribution in [0.15, 0.2) is 18.2 Å². The van der Waals surface area contributed by atoms with Crippen LogP contribution in [-0.4, -0.2) is 40.1 Å². The topological polar surface area (TPSA) is 95.6 Å². The smallest absolute Gasteiger partial charge is 0.269 e. The molecule has 7 heteroatoms. The number of hydrogen-bond donors (Lipinski definition) is 3. The fourth-order valence-corrected chi connectivity index (χ4v) is 2.56. The predicted octanol–water partition coefficient (Wildman–Crippen LogP) is 2.00. The molecule has 0 radical (unpaired) electrons. The van der Waals surface area contributed by atoms with Crippen molar-refractivity contribution < 1.29 is 15.1 Å². The van der Waals surface area contributed by atoms with Gasteiger partial charge in [0, 0.05) is 35.9 Å². The lowest BCUT2D eigenvalue weighted by atomic mass is 10.1. The zero-order valence-corrected chi connectivity index (χ0v) is 12.2. The number of nitro groups is 1. The Hall–Kier alpha value is -1.31. The molecule has 0 spiro atoms. The van der Waals surface area contributed by atoms with Crippen LogP contribution in [-0.2, 0) is 5.75 Å².